The van der Waals surface area contributed by atoms with Gasteiger partial charge in [0.2, 0.25) is 0 Å². The first-order valence-electron chi connectivity index (χ1n) is 32.5. The van der Waals surface area contributed by atoms with Gasteiger partial charge in [-0.15, -0.1) is 0 Å². The van der Waals surface area contributed by atoms with E-state index in [1.807, 2.05) is 0 Å². The molecule has 11 nitrogen and oxygen atoms in total. The van der Waals surface area contributed by atoms with Gasteiger partial charge in [0.05, 0.1) is 19.8 Å². The summed E-state index contributed by atoms with van der Waals surface area (Å²) in [6, 6.07) is 0. The van der Waals surface area contributed by atoms with Gasteiger partial charge >= 0.3 is 25.7 Å². The van der Waals surface area contributed by atoms with E-state index in [4.69, 9.17) is 23.3 Å². The molecule has 0 aromatic rings. The molecular weight excluding hydrogens is 1020 g/mol. The fourth-order valence-corrected chi connectivity index (χ4v) is 9.67. The van der Waals surface area contributed by atoms with Crippen LogP contribution in [0.2, 0.25) is 0 Å². The maximum Gasteiger partial charge on any atom is 0.472 e. The first kappa shape index (κ1) is 76.7. The molecule has 0 rings (SSSR count). The van der Waals surface area contributed by atoms with Crippen LogP contribution in [0.4, 0.5) is 0 Å². The normalized spacial score (nSPS) is 13.8. The standard InChI is InChI=1S/C68H119O11P/c1-4-7-10-13-16-19-22-25-28-31-32-35-38-41-44-47-50-53-56-59-68(72)79-65(61-75-66(70)57-54-51-48-45-42-39-36-33-29-26-23-20-17-14-11-8-5-2)63-77-80(73,74)76-62-64(60-69)78-67(71)58-55-52-49-46-43-40-37-34-30-27-24-21-18-15-12-9-6-3/h8,11,16-17,19-20,25-26,28-29,32,35-36,39,64-65,69H,4-7,9-10,12-15,18,21-24,27,30-31,33-34,37-38,40-63H2,1-3H3,(H,73,74)/b11-8-,19-16-,20-17-,28-25-,29-26-,35-32-,39-36-. The van der Waals surface area contributed by atoms with Gasteiger partial charge in [0, 0.05) is 19.3 Å². The number of hydrogen-bond donors (Lipinski definition) is 2. The quantitative estimate of drug-likeness (QED) is 0.0197. The van der Waals surface area contributed by atoms with Crippen molar-refractivity contribution in [2.45, 2.75) is 303 Å². The third kappa shape index (κ3) is 59.3. The molecule has 0 fully saturated rings. The van der Waals surface area contributed by atoms with Crippen molar-refractivity contribution in [2.75, 3.05) is 26.4 Å². The smallest absolute Gasteiger partial charge is 0.462 e. The van der Waals surface area contributed by atoms with Gasteiger partial charge in [-0.25, -0.2) is 4.57 Å². The van der Waals surface area contributed by atoms with E-state index < -0.39 is 57.8 Å². The van der Waals surface area contributed by atoms with Crippen LogP contribution in [-0.2, 0) is 42.2 Å². The average molecular weight is 1140 g/mol. The summed E-state index contributed by atoms with van der Waals surface area (Å²) in [7, 11) is -4.77. The predicted octanol–water partition coefficient (Wildman–Crippen LogP) is 19.8. The maximum absolute atomic E-state index is 13.0. The number of carbonyl (C=O) groups is 3. The van der Waals surface area contributed by atoms with Crippen LogP contribution in [0.3, 0.4) is 0 Å². The highest BCUT2D eigenvalue weighted by Crippen LogP contribution is 2.43. The summed E-state index contributed by atoms with van der Waals surface area (Å²) < 4.78 is 39.7. The van der Waals surface area contributed by atoms with Gasteiger partial charge in [-0.2, -0.15) is 0 Å². The van der Waals surface area contributed by atoms with E-state index in [0.717, 1.165) is 122 Å². The summed E-state index contributed by atoms with van der Waals surface area (Å²) in [4.78, 5) is 48.8. The largest absolute Gasteiger partial charge is 0.472 e. The highest BCUT2D eigenvalue weighted by Gasteiger charge is 2.28. The zero-order valence-electron chi connectivity index (χ0n) is 51.3. The number of esters is 3. The van der Waals surface area contributed by atoms with Crippen LogP contribution < -0.4 is 0 Å². The van der Waals surface area contributed by atoms with Crippen molar-refractivity contribution in [2.24, 2.45) is 0 Å². The summed E-state index contributed by atoms with van der Waals surface area (Å²) in [6.07, 6.45) is 72.4. The average Bonchev–Trinajstić information content (AvgIpc) is 3.45. The Morgan fingerprint density at radius 1 is 0.362 bits per heavy atom. The Bertz CT molecular complexity index is 1670. The molecule has 0 heterocycles. The predicted molar refractivity (Wildman–Crippen MR) is 334 cm³/mol. The van der Waals surface area contributed by atoms with E-state index in [9.17, 15) is 28.9 Å². The molecule has 0 spiro atoms. The fraction of sp³-hybridized carbons (Fsp3) is 0.750. The molecule has 0 radical (unpaired) electrons. The Hall–Kier alpha value is -3.34. The monoisotopic (exact) mass is 1140 g/mol. The Morgan fingerprint density at radius 2 is 0.650 bits per heavy atom. The highest BCUT2D eigenvalue weighted by molar-refractivity contribution is 7.47. The molecule has 0 aromatic carbocycles. The molecule has 0 aliphatic rings. The molecule has 0 aliphatic heterocycles. The van der Waals surface area contributed by atoms with Crippen LogP contribution in [-0.4, -0.2) is 66.5 Å². The summed E-state index contributed by atoms with van der Waals surface area (Å²) in [5.41, 5.74) is 0. The van der Waals surface area contributed by atoms with E-state index >= 15 is 0 Å². The van der Waals surface area contributed by atoms with Crippen LogP contribution >= 0.6 is 7.82 Å². The van der Waals surface area contributed by atoms with Gasteiger partial charge in [-0.1, -0.05) is 260 Å². The zero-order chi connectivity index (χ0) is 58.3. The van der Waals surface area contributed by atoms with Crippen molar-refractivity contribution < 1.29 is 52.2 Å². The molecule has 12 heteroatoms. The van der Waals surface area contributed by atoms with Crippen LogP contribution in [0.15, 0.2) is 85.1 Å². The number of phosphoric acid groups is 1. The molecule has 0 saturated carbocycles. The molecule has 0 bridgehead atoms. The number of unbranched alkanes of at least 4 members (excludes halogenated alkanes) is 29. The minimum absolute atomic E-state index is 0.145. The van der Waals surface area contributed by atoms with E-state index in [0.29, 0.717) is 19.3 Å². The van der Waals surface area contributed by atoms with Gasteiger partial charge in [0.25, 0.3) is 0 Å². The molecule has 2 N–H and O–H groups in total. The number of phosphoric ester groups is 1. The lowest BCUT2D eigenvalue weighted by atomic mass is 10.0. The Kier molecular flexibility index (Phi) is 59.1. The third-order valence-corrected chi connectivity index (χ3v) is 14.8. The lowest BCUT2D eigenvalue weighted by molar-refractivity contribution is -0.161. The molecule has 80 heavy (non-hydrogen) atoms. The second-order valence-corrected chi connectivity index (χ2v) is 23.0. The second-order valence-electron chi connectivity index (χ2n) is 21.6. The van der Waals surface area contributed by atoms with Crippen molar-refractivity contribution in [3.63, 3.8) is 0 Å². The SMILES string of the molecule is CC/C=C\C/C=C\C/C=C\C/C=C\CCCCCCC(=O)OCC(COP(=O)(O)OCC(CO)OC(=O)CCCCCCCCCCCCCCCCCCC)OC(=O)CCCCCCCC/C=C\C/C=C\C/C=C\CCCCC. The summed E-state index contributed by atoms with van der Waals surface area (Å²) in [6.45, 7) is 4.51. The minimum atomic E-state index is -4.77. The molecular formula is C68H119O11P. The third-order valence-electron chi connectivity index (χ3n) is 13.8. The van der Waals surface area contributed by atoms with Crippen molar-refractivity contribution in [1.82, 2.24) is 0 Å². The Morgan fingerprint density at radius 3 is 1.02 bits per heavy atom. The number of hydrogen-bond acceptors (Lipinski definition) is 10. The van der Waals surface area contributed by atoms with Gasteiger partial charge < -0.3 is 24.2 Å². The molecule has 462 valence electrons. The molecule has 0 aromatic heterocycles. The van der Waals surface area contributed by atoms with E-state index in [2.05, 4.69) is 106 Å². The van der Waals surface area contributed by atoms with Crippen molar-refractivity contribution in [3.8, 4) is 0 Å². The van der Waals surface area contributed by atoms with Crippen LogP contribution in [0, 0.1) is 0 Å². The van der Waals surface area contributed by atoms with Crippen LogP contribution in [0.1, 0.15) is 290 Å². The first-order valence-corrected chi connectivity index (χ1v) is 34.0. The number of allylic oxidation sites excluding steroid dienone is 14. The second kappa shape index (κ2) is 61.7. The summed E-state index contributed by atoms with van der Waals surface area (Å²) in [5.74, 6) is -1.50. The number of aliphatic hydroxyl groups is 1. The number of carbonyl (C=O) groups excluding carboxylic acids is 3. The highest BCUT2D eigenvalue weighted by atomic mass is 31.2. The maximum atomic E-state index is 13.0. The molecule has 0 amide bonds. The summed E-state index contributed by atoms with van der Waals surface area (Å²) >= 11 is 0. The Labute approximate surface area is 490 Å². The topological polar surface area (TPSA) is 155 Å². The van der Waals surface area contributed by atoms with E-state index in [1.165, 1.54) is 109 Å². The summed E-state index contributed by atoms with van der Waals surface area (Å²) in [5, 5.41) is 9.86. The lowest BCUT2D eigenvalue weighted by Gasteiger charge is -2.21. The van der Waals surface area contributed by atoms with Crippen molar-refractivity contribution in [3.05, 3.63) is 85.1 Å². The zero-order valence-corrected chi connectivity index (χ0v) is 52.2. The van der Waals surface area contributed by atoms with Gasteiger partial charge in [-0.3, -0.25) is 23.4 Å². The lowest BCUT2D eigenvalue weighted by Crippen LogP contribution is -2.30. The van der Waals surface area contributed by atoms with Gasteiger partial charge in [0.1, 0.15) is 12.7 Å². The van der Waals surface area contributed by atoms with E-state index in [1.54, 1.807) is 0 Å². The van der Waals surface area contributed by atoms with Gasteiger partial charge in [0.15, 0.2) is 6.10 Å². The number of rotatable bonds is 60. The number of aliphatic hydroxyl groups excluding tert-OH is 1. The first-order chi connectivity index (χ1) is 39.2. The van der Waals surface area contributed by atoms with E-state index in [-0.39, 0.29) is 25.9 Å². The molecule has 0 saturated heterocycles. The minimum Gasteiger partial charge on any atom is -0.462 e. The van der Waals surface area contributed by atoms with Crippen molar-refractivity contribution in [1.29, 1.82) is 0 Å². The van der Waals surface area contributed by atoms with Gasteiger partial charge in [-0.05, 0) is 96.3 Å². The van der Waals surface area contributed by atoms with Crippen LogP contribution in [0.25, 0.3) is 0 Å². The Balaban J connectivity index is 4.74. The van der Waals surface area contributed by atoms with Crippen LogP contribution in [0.5, 0.6) is 0 Å². The number of ether oxygens (including phenoxy) is 3. The molecule has 3 atom stereocenters. The fourth-order valence-electron chi connectivity index (χ4n) is 8.89. The van der Waals surface area contributed by atoms with Crippen molar-refractivity contribution >= 4 is 25.7 Å². The molecule has 0 aliphatic carbocycles. The molecule has 3 unspecified atom stereocenters.